The largest absolute Gasteiger partial charge is 0.457 e. The summed E-state index contributed by atoms with van der Waals surface area (Å²) >= 11 is 0. The fraction of sp³-hybridized carbons (Fsp3) is 0. The van der Waals surface area contributed by atoms with Gasteiger partial charge < -0.3 is 10.1 Å². The predicted octanol–water partition coefficient (Wildman–Crippen LogP) is 3.52. The topological polar surface area (TPSA) is 64.1 Å². The van der Waals surface area contributed by atoms with Crippen molar-refractivity contribution in [2.45, 2.75) is 0 Å². The maximum absolute atomic E-state index is 12.0. The minimum atomic E-state index is -0.279. The number of benzene rings is 2. The average molecular weight is 291 g/mol. The number of rotatable bonds is 4. The van der Waals surface area contributed by atoms with Crippen LogP contribution in [0.1, 0.15) is 10.5 Å². The number of hydrogen-bond acceptors (Lipinski definition) is 4. The van der Waals surface area contributed by atoms with Gasteiger partial charge in [-0.3, -0.25) is 4.79 Å². The lowest BCUT2D eigenvalue weighted by atomic mass is 10.3. The molecule has 0 atom stereocenters. The molecule has 0 unspecified atom stereocenters. The fourth-order valence-corrected chi connectivity index (χ4v) is 1.85. The number of nitrogens with one attached hydrogen (secondary N) is 1. The van der Waals surface area contributed by atoms with Gasteiger partial charge in [0.05, 0.1) is 0 Å². The molecule has 1 aromatic heterocycles. The van der Waals surface area contributed by atoms with E-state index in [1.54, 1.807) is 30.3 Å². The van der Waals surface area contributed by atoms with E-state index in [0.717, 1.165) is 5.75 Å². The minimum Gasteiger partial charge on any atom is -0.457 e. The number of hydrogen-bond donors (Lipinski definition) is 1. The van der Waals surface area contributed by atoms with E-state index in [0.29, 0.717) is 17.1 Å². The standard InChI is InChI=1S/C17H13N3O2/c21-17(16-10-11-18-12-19-16)20-13-6-8-15(9-7-13)22-14-4-2-1-3-5-14/h1-12H,(H,20,21). The molecule has 0 spiro atoms. The number of carbonyl (C=O) groups is 1. The van der Waals surface area contributed by atoms with Crippen LogP contribution in [0.25, 0.3) is 0 Å². The monoisotopic (exact) mass is 291 g/mol. The van der Waals surface area contributed by atoms with E-state index in [-0.39, 0.29) is 5.91 Å². The zero-order chi connectivity index (χ0) is 15.2. The summed E-state index contributed by atoms with van der Waals surface area (Å²) in [6, 6.07) is 18.2. The highest BCUT2D eigenvalue weighted by atomic mass is 16.5. The highest BCUT2D eigenvalue weighted by Crippen LogP contribution is 2.22. The predicted molar refractivity (Wildman–Crippen MR) is 82.9 cm³/mol. The van der Waals surface area contributed by atoms with Crippen LogP contribution in [0, 0.1) is 0 Å². The second kappa shape index (κ2) is 6.49. The SMILES string of the molecule is O=C(Nc1ccc(Oc2ccccc2)cc1)c1ccncn1. The van der Waals surface area contributed by atoms with Crippen LogP contribution in [-0.2, 0) is 0 Å². The Labute approximate surface area is 127 Å². The van der Waals surface area contributed by atoms with Crippen LogP contribution in [-0.4, -0.2) is 15.9 Å². The lowest BCUT2D eigenvalue weighted by molar-refractivity contribution is 0.102. The third kappa shape index (κ3) is 3.46. The molecule has 22 heavy (non-hydrogen) atoms. The van der Waals surface area contributed by atoms with Crippen molar-refractivity contribution in [3.05, 3.63) is 78.9 Å². The van der Waals surface area contributed by atoms with Gasteiger partial charge in [0.1, 0.15) is 23.5 Å². The molecular formula is C17H13N3O2. The first-order chi connectivity index (χ1) is 10.8. The van der Waals surface area contributed by atoms with Crippen molar-refractivity contribution < 1.29 is 9.53 Å². The fourth-order valence-electron chi connectivity index (χ4n) is 1.85. The summed E-state index contributed by atoms with van der Waals surface area (Å²) in [5.74, 6) is 1.19. The van der Waals surface area contributed by atoms with E-state index in [1.165, 1.54) is 12.5 Å². The van der Waals surface area contributed by atoms with Crippen molar-refractivity contribution in [3.8, 4) is 11.5 Å². The van der Waals surface area contributed by atoms with Crippen molar-refractivity contribution in [1.82, 2.24) is 9.97 Å². The Hall–Kier alpha value is -3.21. The molecule has 3 rings (SSSR count). The van der Waals surface area contributed by atoms with Crippen molar-refractivity contribution in [3.63, 3.8) is 0 Å². The number of amides is 1. The summed E-state index contributed by atoms with van der Waals surface area (Å²) in [5, 5.41) is 2.76. The molecule has 5 nitrogen and oxygen atoms in total. The van der Waals surface area contributed by atoms with Gasteiger partial charge in [-0.25, -0.2) is 9.97 Å². The maximum Gasteiger partial charge on any atom is 0.274 e. The van der Waals surface area contributed by atoms with Gasteiger partial charge in [-0.05, 0) is 42.5 Å². The van der Waals surface area contributed by atoms with Crippen LogP contribution in [0.15, 0.2) is 73.2 Å². The number of anilines is 1. The number of ether oxygens (including phenoxy) is 1. The molecule has 0 fully saturated rings. The molecule has 1 amide bonds. The minimum absolute atomic E-state index is 0.279. The third-order valence-corrected chi connectivity index (χ3v) is 2.91. The number of aromatic nitrogens is 2. The molecule has 0 bridgehead atoms. The van der Waals surface area contributed by atoms with Gasteiger partial charge in [-0.15, -0.1) is 0 Å². The second-order valence-electron chi connectivity index (χ2n) is 4.49. The molecule has 0 radical (unpaired) electrons. The van der Waals surface area contributed by atoms with Gasteiger partial charge >= 0.3 is 0 Å². The Morgan fingerprint density at radius 1 is 0.909 bits per heavy atom. The van der Waals surface area contributed by atoms with E-state index in [1.807, 2.05) is 30.3 Å². The molecule has 2 aromatic carbocycles. The van der Waals surface area contributed by atoms with Crippen molar-refractivity contribution in [2.75, 3.05) is 5.32 Å². The Kier molecular flexibility index (Phi) is 4.06. The van der Waals surface area contributed by atoms with E-state index in [4.69, 9.17) is 4.74 Å². The first-order valence-electron chi connectivity index (χ1n) is 6.71. The Morgan fingerprint density at radius 2 is 1.64 bits per heavy atom. The van der Waals surface area contributed by atoms with Crippen LogP contribution in [0.2, 0.25) is 0 Å². The average Bonchev–Trinajstić information content (AvgIpc) is 2.58. The number of carbonyl (C=O) groups excluding carboxylic acids is 1. The van der Waals surface area contributed by atoms with Gasteiger partial charge in [0.2, 0.25) is 0 Å². The molecule has 0 aliphatic carbocycles. The Balaban J connectivity index is 1.66. The van der Waals surface area contributed by atoms with Crippen LogP contribution >= 0.6 is 0 Å². The summed E-state index contributed by atoms with van der Waals surface area (Å²) in [7, 11) is 0. The smallest absolute Gasteiger partial charge is 0.274 e. The molecule has 1 N–H and O–H groups in total. The second-order valence-corrected chi connectivity index (χ2v) is 4.49. The number of nitrogens with zero attached hydrogens (tertiary/aromatic N) is 2. The molecule has 1 heterocycles. The molecule has 108 valence electrons. The first-order valence-corrected chi connectivity index (χ1v) is 6.71. The third-order valence-electron chi connectivity index (χ3n) is 2.91. The molecule has 0 aliphatic heterocycles. The summed E-state index contributed by atoms with van der Waals surface area (Å²) < 4.78 is 5.69. The molecule has 0 saturated carbocycles. The van der Waals surface area contributed by atoms with Crippen molar-refractivity contribution in [2.24, 2.45) is 0 Å². The van der Waals surface area contributed by atoms with Gasteiger partial charge in [0.15, 0.2) is 0 Å². The van der Waals surface area contributed by atoms with E-state index in [2.05, 4.69) is 15.3 Å². The molecule has 5 heteroatoms. The maximum atomic E-state index is 12.0. The molecule has 0 aliphatic rings. The van der Waals surface area contributed by atoms with Crippen molar-refractivity contribution in [1.29, 1.82) is 0 Å². The van der Waals surface area contributed by atoms with E-state index in [9.17, 15) is 4.79 Å². The van der Waals surface area contributed by atoms with Gasteiger partial charge in [0, 0.05) is 11.9 Å². The van der Waals surface area contributed by atoms with Crippen LogP contribution in [0.5, 0.6) is 11.5 Å². The van der Waals surface area contributed by atoms with Crippen LogP contribution in [0.4, 0.5) is 5.69 Å². The van der Waals surface area contributed by atoms with Gasteiger partial charge in [-0.2, -0.15) is 0 Å². The Morgan fingerprint density at radius 3 is 2.32 bits per heavy atom. The lowest BCUT2D eigenvalue weighted by Gasteiger charge is -2.07. The van der Waals surface area contributed by atoms with Crippen LogP contribution < -0.4 is 10.1 Å². The Bertz CT molecular complexity index is 744. The van der Waals surface area contributed by atoms with Gasteiger partial charge in [0.25, 0.3) is 5.91 Å². The highest BCUT2D eigenvalue weighted by molar-refractivity contribution is 6.02. The lowest BCUT2D eigenvalue weighted by Crippen LogP contribution is -2.13. The first kappa shape index (κ1) is 13.8. The number of para-hydroxylation sites is 1. The molecular weight excluding hydrogens is 278 g/mol. The quantitative estimate of drug-likeness (QED) is 0.798. The molecule has 0 saturated heterocycles. The molecule has 3 aromatic rings. The summed E-state index contributed by atoms with van der Waals surface area (Å²) in [6.45, 7) is 0. The zero-order valence-corrected chi connectivity index (χ0v) is 11.6. The zero-order valence-electron chi connectivity index (χ0n) is 11.6. The van der Waals surface area contributed by atoms with E-state index < -0.39 is 0 Å². The summed E-state index contributed by atoms with van der Waals surface area (Å²) in [6.07, 6.45) is 2.87. The van der Waals surface area contributed by atoms with E-state index >= 15 is 0 Å². The van der Waals surface area contributed by atoms with Gasteiger partial charge in [-0.1, -0.05) is 18.2 Å². The normalized spacial score (nSPS) is 10.0. The van der Waals surface area contributed by atoms with Crippen LogP contribution in [0.3, 0.4) is 0 Å². The highest BCUT2D eigenvalue weighted by Gasteiger charge is 2.07. The summed E-state index contributed by atoms with van der Waals surface area (Å²) in [4.78, 5) is 19.6. The summed E-state index contributed by atoms with van der Waals surface area (Å²) in [5.41, 5.74) is 0.989. The van der Waals surface area contributed by atoms with Crippen molar-refractivity contribution >= 4 is 11.6 Å².